The van der Waals surface area contributed by atoms with Crippen molar-refractivity contribution in [3.05, 3.63) is 49.1 Å². The molecule has 0 amide bonds. The van der Waals surface area contributed by atoms with E-state index in [1.165, 1.54) is 83.6 Å². The van der Waals surface area contributed by atoms with Gasteiger partial charge in [-0.05, 0) is 193 Å². The lowest BCUT2D eigenvalue weighted by molar-refractivity contribution is -0.146. The molecule has 0 saturated heterocycles. The van der Waals surface area contributed by atoms with Gasteiger partial charge < -0.3 is 20.4 Å². The highest BCUT2D eigenvalue weighted by atomic mass is 19.4. The molecule has 4 N–H and O–H groups in total. The number of carboxylic acids is 4. The predicted molar refractivity (Wildman–Crippen MR) is 242 cm³/mol. The van der Waals surface area contributed by atoms with Crippen LogP contribution in [-0.2, 0) is 33.6 Å². The molecule has 10 aliphatic rings. The SMILES string of the molecule is C=C(C(=O)O)C(F)(F)F.C=C(C(C)=O)C(F)(F)F.C=C(C(C)=O)C(F)(F)F.C=CC(C)=O.O=C(O)C1CC2CC1C1C3CCC(C3)C21.O=C(O)C1CC2CC1C1C3CCC(C3)C21.O=C(O)C1CC2CCC1C2. The number of Topliss-reactive ketones (excluding diaryl/α,β-unsaturated/α-hetero) is 2. The van der Waals surface area contributed by atoms with Gasteiger partial charge in [-0.1, -0.05) is 32.7 Å². The second kappa shape index (κ2) is 23.6. The minimum absolute atomic E-state index is 0.0127. The summed E-state index contributed by atoms with van der Waals surface area (Å²) in [4.78, 5) is 72.1. The largest absolute Gasteiger partial charge is 0.481 e. The van der Waals surface area contributed by atoms with Crippen LogP contribution < -0.4 is 0 Å². The van der Waals surface area contributed by atoms with Gasteiger partial charge in [-0.15, -0.1) is 0 Å². The lowest BCUT2D eigenvalue weighted by Crippen LogP contribution is -2.35. The van der Waals surface area contributed by atoms with Gasteiger partial charge in [0.2, 0.25) is 0 Å². The Hall–Kier alpha value is -4.78. The number of ketones is 3. The van der Waals surface area contributed by atoms with E-state index in [2.05, 4.69) is 26.3 Å². The summed E-state index contributed by atoms with van der Waals surface area (Å²) in [6.45, 7) is 13.7. The number of carbonyl (C=O) groups excluding carboxylic acids is 3. The highest BCUT2D eigenvalue weighted by molar-refractivity contribution is 5.94. The summed E-state index contributed by atoms with van der Waals surface area (Å²) in [7, 11) is 0. The van der Waals surface area contributed by atoms with Crippen molar-refractivity contribution in [2.24, 2.45) is 101 Å². The smallest absolute Gasteiger partial charge is 0.422 e. The third-order valence-electron chi connectivity index (χ3n) is 17.6. The first-order chi connectivity index (χ1) is 33.1. The number of allylic oxidation sites excluding steroid dienone is 3. The van der Waals surface area contributed by atoms with Crippen LogP contribution >= 0.6 is 0 Å². The van der Waals surface area contributed by atoms with E-state index < -0.39 is 70.7 Å². The Morgan fingerprint density at radius 3 is 0.931 bits per heavy atom. The van der Waals surface area contributed by atoms with Crippen LogP contribution in [0.2, 0.25) is 0 Å². The molecule has 0 aromatic heterocycles. The van der Waals surface area contributed by atoms with E-state index in [0.29, 0.717) is 17.8 Å². The molecule has 11 nitrogen and oxygen atoms in total. The van der Waals surface area contributed by atoms with Crippen molar-refractivity contribution in [3.63, 3.8) is 0 Å². The highest BCUT2D eigenvalue weighted by Gasteiger charge is 2.64. The number of hydrogen-bond acceptors (Lipinski definition) is 7. The van der Waals surface area contributed by atoms with E-state index in [4.69, 9.17) is 10.2 Å². The van der Waals surface area contributed by atoms with E-state index in [9.17, 15) is 83.3 Å². The van der Waals surface area contributed by atoms with E-state index in [-0.39, 0.29) is 23.5 Å². The molecule has 10 saturated carbocycles. The molecule has 404 valence electrons. The Labute approximate surface area is 412 Å². The fraction of sp³-hybridized carbons (Fsp3) is 0.712. The minimum Gasteiger partial charge on any atom is -0.481 e. The van der Waals surface area contributed by atoms with Crippen LogP contribution in [-0.4, -0.2) is 80.2 Å². The van der Waals surface area contributed by atoms with Gasteiger partial charge >= 0.3 is 42.4 Å². The van der Waals surface area contributed by atoms with Crippen LogP contribution in [0, 0.1) is 101 Å². The van der Waals surface area contributed by atoms with Crippen LogP contribution in [0.4, 0.5) is 39.5 Å². The van der Waals surface area contributed by atoms with Crippen molar-refractivity contribution in [2.45, 2.75) is 129 Å². The highest BCUT2D eigenvalue weighted by Crippen LogP contribution is 2.70. The molecular formula is C52H67F9O11. The minimum atomic E-state index is -4.81. The third-order valence-corrected chi connectivity index (χ3v) is 17.6. The standard InChI is InChI=1S/2C13H18O2.C8H12O2.2C5H5F3O.C4H3F3O2.C4H6O/c2*14-13(15)10-5-8-4-9(10)12-7-2-1-6(3-7)11(8)12;9-8(10)7-4-5-1-2-6(7)3-5;2*1-3(4(2)9)5(6,7)8;1-2(3(8)9)4(5,6)7;1-3-4(2)5/h2*6-12H,1-5H2,(H,14,15);5-7H,1-4H2,(H,9,10);2*1H2,2H3;1H2,(H,8,9);3H,1H2,2H3. The van der Waals surface area contributed by atoms with Crippen LogP contribution in [0.5, 0.6) is 0 Å². The molecule has 10 aliphatic carbocycles. The first-order valence-corrected chi connectivity index (χ1v) is 24.5. The topological polar surface area (TPSA) is 200 Å². The van der Waals surface area contributed by atoms with Crippen molar-refractivity contribution in [2.75, 3.05) is 0 Å². The normalized spacial score (nSPS) is 35.7. The predicted octanol–water partition coefficient (Wildman–Crippen LogP) is 11.6. The molecule has 17 atom stereocenters. The second-order valence-electron chi connectivity index (χ2n) is 21.4. The quantitative estimate of drug-likeness (QED) is 0.107. The zero-order valence-electron chi connectivity index (χ0n) is 40.7. The van der Waals surface area contributed by atoms with E-state index >= 15 is 0 Å². The van der Waals surface area contributed by atoms with E-state index in [1.807, 2.05) is 0 Å². The molecule has 20 heteroatoms. The molecule has 17 unspecified atom stereocenters. The van der Waals surface area contributed by atoms with Gasteiger partial charge in [0.15, 0.2) is 17.3 Å². The molecule has 0 radical (unpaired) electrons. The molecule has 0 spiro atoms. The zero-order chi connectivity index (χ0) is 54.7. The Bertz CT molecular complexity index is 1960. The van der Waals surface area contributed by atoms with Crippen molar-refractivity contribution < 1.29 is 93.5 Å². The van der Waals surface area contributed by atoms with Crippen LogP contribution in [0.15, 0.2) is 49.1 Å². The summed E-state index contributed by atoms with van der Waals surface area (Å²) in [5.74, 6) is 5.72. The van der Waals surface area contributed by atoms with Gasteiger partial charge in [0, 0.05) is 0 Å². The molecule has 0 aromatic carbocycles. The maximum Gasteiger partial charge on any atom is 0.422 e. The van der Waals surface area contributed by atoms with Gasteiger partial charge in [-0.3, -0.25) is 28.8 Å². The summed E-state index contributed by atoms with van der Waals surface area (Å²) in [5.41, 5.74) is -4.35. The monoisotopic (exact) mass is 1040 g/mol. The molecule has 0 aromatic rings. The maximum atomic E-state index is 11.4. The number of aliphatic carboxylic acids is 4. The number of halogens is 9. The fourth-order valence-corrected chi connectivity index (χ4v) is 14.8. The Morgan fingerprint density at radius 1 is 0.417 bits per heavy atom. The number of carbonyl (C=O) groups is 7. The summed E-state index contributed by atoms with van der Waals surface area (Å²) < 4.78 is 102. The first kappa shape index (κ1) is 59.8. The van der Waals surface area contributed by atoms with Crippen molar-refractivity contribution in [1.82, 2.24) is 0 Å². The average molecular weight is 1040 g/mol. The molecule has 10 bridgehead atoms. The second-order valence-corrected chi connectivity index (χ2v) is 21.4. The molecule has 10 fully saturated rings. The average Bonchev–Trinajstić information content (AvgIpc) is 4.13. The van der Waals surface area contributed by atoms with Gasteiger partial charge in [-0.2, -0.15) is 39.5 Å². The summed E-state index contributed by atoms with van der Waals surface area (Å²) in [5, 5.41) is 34.9. The Morgan fingerprint density at radius 2 is 0.736 bits per heavy atom. The number of fused-ring (bicyclic) bond motifs is 20. The third kappa shape index (κ3) is 14.1. The first-order valence-electron chi connectivity index (χ1n) is 24.5. The Balaban J connectivity index is 0.000000187. The summed E-state index contributed by atoms with van der Waals surface area (Å²) in [6.07, 6.45) is 5.04. The molecular weight excluding hydrogens is 972 g/mol. The van der Waals surface area contributed by atoms with Crippen LogP contribution in [0.3, 0.4) is 0 Å². The summed E-state index contributed by atoms with van der Waals surface area (Å²) in [6, 6.07) is 0. The number of rotatable bonds is 7. The number of carboxylic acid groups (broad SMARTS) is 4. The number of hydrogen-bond donors (Lipinski definition) is 4. The van der Waals surface area contributed by atoms with Gasteiger partial charge in [0.05, 0.1) is 28.9 Å². The lowest BCUT2D eigenvalue weighted by Gasteiger charge is -2.37. The fourth-order valence-electron chi connectivity index (χ4n) is 14.8. The van der Waals surface area contributed by atoms with E-state index in [1.54, 1.807) is 0 Å². The van der Waals surface area contributed by atoms with Crippen LogP contribution in [0.1, 0.15) is 111 Å². The van der Waals surface area contributed by atoms with E-state index in [0.717, 1.165) is 98.2 Å². The Kier molecular flexibility index (Phi) is 19.6. The van der Waals surface area contributed by atoms with Crippen LogP contribution in [0.25, 0.3) is 0 Å². The van der Waals surface area contributed by atoms with Gasteiger partial charge in [-0.25, -0.2) is 4.79 Å². The molecule has 10 rings (SSSR count). The summed E-state index contributed by atoms with van der Waals surface area (Å²) >= 11 is 0. The zero-order valence-corrected chi connectivity index (χ0v) is 40.7. The lowest BCUT2D eigenvalue weighted by atomic mass is 9.67. The molecule has 0 aliphatic heterocycles. The maximum absolute atomic E-state index is 11.4. The molecule has 72 heavy (non-hydrogen) atoms. The van der Waals surface area contributed by atoms with Gasteiger partial charge in [0.25, 0.3) is 0 Å². The van der Waals surface area contributed by atoms with Crippen molar-refractivity contribution in [1.29, 1.82) is 0 Å². The molecule has 0 heterocycles. The number of alkyl halides is 9. The van der Waals surface area contributed by atoms with Crippen molar-refractivity contribution in [3.8, 4) is 0 Å². The van der Waals surface area contributed by atoms with Crippen molar-refractivity contribution >= 4 is 41.2 Å². The van der Waals surface area contributed by atoms with Gasteiger partial charge in [0.1, 0.15) is 5.57 Å².